The number of Topliss-reactive ketones (excluding diaryl/α,β-unsaturated/α-hetero) is 1. The van der Waals surface area contributed by atoms with E-state index < -0.39 is 11.4 Å². The normalized spacial score (nSPS) is 45.9. The van der Waals surface area contributed by atoms with Gasteiger partial charge in [0.05, 0.1) is 25.9 Å². The first kappa shape index (κ1) is 23.7. The van der Waals surface area contributed by atoms with Gasteiger partial charge in [-0.2, -0.15) is 0 Å². The number of hydrogen-bond acceptors (Lipinski definition) is 5. The van der Waals surface area contributed by atoms with E-state index in [-0.39, 0.29) is 34.5 Å². The highest BCUT2D eigenvalue weighted by Crippen LogP contribution is 2.73. The van der Waals surface area contributed by atoms with Crippen molar-refractivity contribution in [2.75, 3.05) is 20.3 Å². The van der Waals surface area contributed by atoms with Gasteiger partial charge in [-0.3, -0.25) is 4.79 Å². The first-order chi connectivity index (χ1) is 17.0. The number of ether oxygens (including phenoxy) is 3. The summed E-state index contributed by atoms with van der Waals surface area (Å²) in [5.74, 6) is 1.41. The molecule has 5 aliphatic carbocycles. The summed E-state index contributed by atoms with van der Waals surface area (Å²) >= 11 is 0. The fraction of sp³-hybridized carbons (Fsp3) is 0.774. The quantitative estimate of drug-likeness (QED) is 0.565. The van der Waals surface area contributed by atoms with Crippen LogP contribution in [-0.4, -0.2) is 42.6 Å². The van der Waals surface area contributed by atoms with E-state index in [9.17, 15) is 9.90 Å². The second-order valence-electron chi connectivity index (χ2n) is 14.4. The Hall–Kier alpha value is -1.43. The van der Waals surface area contributed by atoms with E-state index in [1.165, 1.54) is 24.0 Å². The van der Waals surface area contributed by atoms with E-state index >= 15 is 0 Å². The fourth-order valence-corrected chi connectivity index (χ4v) is 10.1. The number of fused-ring (bicyclic) bond motifs is 4. The molecule has 1 aliphatic heterocycles. The second-order valence-corrected chi connectivity index (χ2v) is 14.4. The minimum Gasteiger partial charge on any atom is -0.497 e. The zero-order valence-electron chi connectivity index (χ0n) is 22.4. The van der Waals surface area contributed by atoms with Crippen molar-refractivity contribution in [2.24, 2.45) is 34.0 Å². The van der Waals surface area contributed by atoms with E-state index in [2.05, 4.69) is 39.0 Å². The van der Waals surface area contributed by atoms with Crippen LogP contribution in [0.25, 0.3) is 0 Å². The highest BCUT2D eigenvalue weighted by molar-refractivity contribution is 5.85. The summed E-state index contributed by atoms with van der Waals surface area (Å²) in [4.78, 5) is 14.1. The van der Waals surface area contributed by atoms with Crippen LogP contribution in [0.2, 0.25) is 0 Å². The van der Waals surface area contributed by atoms with Crippen molar-refractivity contribution < 1.29 is 24.1 Å². The van der Waals surface area contributed by atoms with E-state index in [0.29, 0.717) is 37.3 Å². The van der Waals surface area contributed by atoms with Gasteiger partial charge in [-0.15, -0.1) is 0 Å². The zero-order chi connectivity index (χ0) is 25.1. The number of carbonyl (C=O) groups is 1. The van der Waals surface area contributed by atoms with Crippen LogP contribution in [-0.2, 0) is 20.7 Å². The maximum Gasteiger partial charge on any atom is 0.171 e. The van der Waals surface area contributed by atoms with Crippen LogP contribution in [0.1, 0.15) is 89.2 Å². The molecular formula is C31H42O5. The Bertz CT molecular complexity index is 1100. The lowest BCUT2D eigenvalue weighted by atomic mass is 9.37. The van der Waals surface area contributed by atoms with Crippen molar-refractivity contribution in [1.29, 1.82) is 0 Å². The number of aliphatic hydroxyl groups is 1. The summed E-state index contributed by atoms with van der Waals surface area (Å²) in [6.45, 7) is 8.01. The van der Waals surface area contributed by atoms with Crippen molar-refractivity contribution in [1.82, 2.24) is 0 Å². The Morgan fingerprint density at radius 3 is 2.58 bits per heavy atom. The molecule has 0 radical (unpaired) electrons. The van der Waals surface area contributed by atoms with Gasteiger partial charge in [0, 0.05) is 36.0 Å². The topological polar surface area (TPSA) is 65.0 Å². The molecule has 1 aromatic carbocycles. The van der Waals surface area contributed by atoms with Gasteiger partial charge in [0.1, 0.15) is 11.5 Å². The summed E-state index contributed by atoms with van der Waals surface area (Å²) in [6.07, 6.45) is 7.80. The van der Waals surface area contributed by atoms with Crippen molar-refractivity contribution >= 4 is 5.78 Å². The smallest absolute Gasteiger partial charge is 0.171 e. The average Bonchev–Trinajstić information content (AvgIpc) is 3.22. The van der Waals surface area contributed by atoms with E-state index in [4.69, 9.17) is 14.2 Å². The molecule has 5 fully saturated rings. The lowest BCUT2D eigenvalue weighted by Crippen LogP contribution is -2.72. The van der Waals surface area contributed by atoms with Gasteiger partial charge in [-0.1, -0.05) is 33.3 Å². The average molecular weight is 495 g/mol. The molecule has 1 aromatic rings. The van der Waals surface area contributed by atoms with E-state index in [1.54, 1.807) is 7.11 Å². The molecule has 0 bridgehead atoms. The lowest BCUT2D eigenvalue weighted by molar-refractivity contribution is -0.353. The number of methoxy groups -OCH3 is 1. The minimum atomic E-state index is -1.11. The maximum atomic E-state index is 14.1. The molecule has 5 heteroatoms. The van der Waals surface area contributed by atoms with Crippen molar-refractivity contribution in [3.63, 3.8) is 0 Å². The largest absolute Gasteiger partial charge is 0.497 e. The number of ketones is 1. The lowest BCUT2D eigenvalue weighted by Gasteiger charge is -2.69. The molecular weight excluding hydrogens is 452 g/mol. The Morgan fingerprint density at radius 1 is 1.06 bits per heavy atom. The van der Waals surface area contributed by atoms with Gasteiger partial charge >= 0.3 is 0 Å². The highest BCUT2D eigenvalue weighted by atomic mass is 16.7. The number of rotatable bonds is 1. The molecule has 1 saturated heterocycles. The number of carbonyl (C=O) groups excluding carboxylic acids is 1. The van der Waals surface area contributed by atoms with Gasteiger partial charge in [-0.25, -0.2) is 0 Å². The molecule has 6 aliphatic rings. The standard InChI is InChI=1S/C31H42O5/c1-27(2)17-35-31(36-18-27)11-10-29-13-19-12-20(34-4)7-8-21(19)22-14-28(3)9-5-6-23(28)25(26(22)29)24(32)15-30(29,33)16-31/h7-8,12,22-23,25-26,33H,5-6,9-11,13-18H2,1-4H3/t22?,23-,25-,26?,28+,29+,30-/m1/s1. The Balaban J connectivity index is 1.36. The molecule has 0 amide bonds. The molecule has 1 N–H and O–H groups in total. The molecule has 7 atom stereocenters. The third kappa shape index (κ3) is 3.03. The van der Waals surface area contributed by atoms with Crippen LogP contribution in [0.4, 0.5) is 0 Å². The number of benzene rings is 1. The van der Waals surface area contributed by atoms with Crippen molar-refractivity contribution in [3.05, 3.63) is 29.3 Å². The third-order valence-corrected chi connectivity index (χ3v) is 11.7. The summed E-state index contributed by atoms with van der Waals surface area (Å²) in [5, 5.41) is 12.7. The van der Waals surface area contributed by atoms with Crippen LogP contribution < -0.4 is 4.74 Å². The summed E-state index contributed by atoms with van der Waals surface area (Å²) in [7, 11) is 1.73. The third-order valence-electron chi connectivity index (χ3n) is 11.7. The molecule has 2 spiro atoms. The van der Waals surface area contributed by atoms with Gasteiger partial charge in [-0.05, 0) is 78.5 Å². The molecule has 36 heavy (non-hydrogen) atoms. The molecule has 2 unspecified atom stereocenters. The van der Waals surface area contributed by atoms with Crippen LogP contribution >= 0.6 is 0 Å². The Labute approximate surface area is 215 Å². The molecule has 1 heterocycles. The first-order valence-corrected chi connectivity index (χ1v) is 14.2. The van der Waals surface area contributed by atoms with E-state index in [0.717, 1.165) is 37.9 Å². The predicted octanol–water partition coefficient (Wildman–Crippen LogP) is 5.42. The summed E-state index contributed by atoms with van der Waals surface area (Å²) in [5.41, 5.74) is 1.44. The van der Waals surface area contributed by atoms with E-state index in [1.807, 2.05) is 0 Å². The van der Waals surface area contributed by atoms with Gasteiger partial charge in [0.15, 0.2) is 5.79 Å². The van der Waals surface area contributed by atoms with Gasteiger partial charge in [0.25, 0.3) is 0 Å². The number of hydrogen-bond donors (Lipinski definition) is 1. The fourth-order valence-electron chi connectivity index (χ4n) is 10.1. The first-order valence-electron chi connectivity index (χ1n) is 14.2. The Morgan fingerprint density at radius 2 is 1.83 bits per heavy atom. The summed E-state index contributed by atoms with van der Waals surface area (Å²) in [6, 6.07) is 6.56. The van der Waals surface area contributed by atoms with Crippen LogP contribution in [0.5, 0.6) is 5.75 Å². The maximum absolute atomic E-state index is 14.1. The zero-order valence-corrected chi connectivity index (χ0v) is 22.4. The summed E-state index contributed by atoms with van der Waals surface area (Å²) < 4.78 is 18.5. The van der Waals surface area contributed by atoms with Crippen molar-refractivity contribution in [3.8, 4) is 5.75 Å². The minimum absolute atomic E-state index is 0.0296. The van der Waals surface area contributed by atoms with Crippen LogP contribution in [0.3, 0.4) is 0 Å². The Kier molecular flexibility index (Phi) is 4.84. The van der Waals surface area contributed by atoms with Crippen molar-refractivity contribution in [2.45, 2.75) is 95.9 Å². The van der Waals surface area contributed by atoms with Crippen LogP contribution in [0, 0.1) is 34.0 Å². The SMILES string of the molecule is COc1ccc2c(c1)C[C@]13CCC4(C[C@]1(O)CC(=O)[C@@H]1C3C2C[C@]2(C)CCC[C@H]12)OCC(C)(C)CO4. The second kappa shape index (κ2) is 7.36. The molecule has 7 rings (SSSR count). The van der Waals surface area contributed by atoms with Crippen LogP contribution in [0.15, 0.2) is 18.2 Å². The van der Waals surface area contributed by atoms with Gasteiger partial charge in [0.2, 0.25) is 0 Å². The monoisotopic (exact) mass is 494 g/mol. The molecule has 196 valence electrons. The molecule has 5 nitrogen and oxygen atoms in total. The molecule has 4 saturated carbocycles. The highest BCUT2D eigenvalue weighted by Gasteiger charge is 2.73. The van der Waals surface area contributed by atoms with Gasteiger partial charge < -0.3 is 19.3 Å². The molecule has 0 aromatic heterocycles. The predicted molar refractivity (Wildman–Crippen MR) is 136 cm³/mol.